The predicted octanol–water partition coefficient (Wildman–Crippen LogP) is 2.65. The van der Waals surface area contributed by atoms with Crippen molar-refractivity contribution >= 4 is 15.9 Å². The summed E-state index contributed by atoms with van der Waals surface area (Å²) in [5.41, 5.74) is 0.745. The topological polar surface area (TPSA) is 93.7 Å². The SMILES string of the molecule is CC(C)C(NS(=O)(=O)c1ccc2c(c1)OCCCO2)C(=O)NCCc1cccc(F)c1. The third-order valence-corrected chi connectivity index (χ3v) is 6.30. The van der Waals surface area contributed by atoms with Crippen molar-refractivity contribution in [3.05, 3.63) is 53.8 Å². The Morgan fingerprint density at radius 1 is 1.10 bits per heavy atom. The zero-order chi connectivity index (χ0) is 22.4. The summed E-state index contributed by atoms with van der Waals surface area (Å²) in [5.74, 6) is -0.214. The summed E-state index contributed by atoms with van der Waals surface area (Å²) in [6, 6.07) is 9.54. The molecule has 3 rings (SSSR count). The molecule has 2 N–H and O–H groups in total. The summed E-state index contributed by atoms with van der Waals surface area (Å²) in [6.07, 6.45) is 1.14. The highest BCUT2D eigenvalue weighted by atomic mass is 32.2. The number of hydrogen-bond donors (Lipinski definition) is 2. The molecule has 1 heterocycles. The number of amides is 1. The number of fused-ring (bicyclic) bond motifs is 1. The van der Waals surface area contributed by atoms with Gasteiger partial charge >= 0.3 is 0 Å². The Hall–Kier alpha value is -2.65. The summed E-state index contributed by atoms with van der Waals surface area (Å²) in [6.45, 7) is 4.71. The van der Waals surface area contributed by atoms with Crippen LogP contribution in [0.2, 0.25) is 0 Å². The molecule has 168 valence electrons. The molecule has 0 saturated heterocycles. The van der Waals surface area contributed by atoms with Gasteiger partial charge in [-0.2, -0.15) is 4.72 Å². The quantitative estimate of drug-likeness (QED) is 0.645. The molecule has 0 radical (unpaired) electrons. The Morgan fingerprint density at radius 3 is 2.55 bits per heavy atom. The summed E-state index contributed by atoms with van der Waals surface area (Å²) in [5, 5.41) is 2.73. The largest absolute Gasteiger partial charge is 0.490 e. The summed E-state index contributed by atoms with van der Waals surface area (Å²) < 4.78 is 52.7. The van der Waals surface area contributed by atoms with Crippen molar-refractivity contribution in [2.45, 2.75) is 37.6 Å². The van der Waals surface area contributed by atoms with Gasteiger partial charge in [-0.3, -0.25) is 4.79 Å². The highest BCUT2D eigenvalue weighted by Gasteiger charge is 2.29. The second-order valence-electron chi connectivity index (χ2n) is 7.67. The van der Waals surface area contributed by atoms with E-state index in [-0.39, 0.29) is 23.2 Å². The molecule has 1 amide bonds. The van der Waals surface area contributed by atoms with E-state index in [1.807, 2.05) is 0 Å². The zero-order valence-corrected chi connectivity index (χ0v) is 18.4. The van der Waals surface area contributed by atoms with Gasteiger partial charge in [-0.1, -0.05) is 26.0 Å². The number of hydrogen-bond acceptors (Lipinski definition) is 5. The molecular weight excluding hydrogens is 423 g/mol. The molecular formula is C22H27FN2O5S. The maximum absolute atomic E-state index is 13.3. The smallest absolute Gasteiger partial charge is 0.241 e. The molecule has 0 fully saturated rings. The first kappa shape index (κ1) is 23.0. The minimum absolute atomic E-state index is 0.00467. The highest BCUT2D eigenvalue weighted by molar-refractivity contribution is 7.89. The molecule has 1 aliphatic rings. The monoisotopic (exact) mass is 450 g/mol. The molecule has 2 aromatic carbocycles. The van der Waals surface area contributed by atoms with Crippen LogP contribution in [0.15, 0.2) is 47.4 Å². The van der Waals surface area contributed by atoms with Gasteiger partial charge in [-0.25, -0.2) is 12.8 Å². The van der Waals surface area contributed by atoms with E-state index in [9.17, 15) is 17.6 Å². The number of rotatable bonds is 8. The fourth-order valence-corrected chi connectivity index (χ4v) is 4.53. The van der Waals surface area contributed by atoms with Crippen LogP contribution < -0.4 is 19.5 Å². The second kappa shape index (κ2) is 10.1. The van der Waals surface area contributed by atoms with Crippen molar-refractivity contribution in [2.24, 2.45) is 5.92 Å². The van der Waals surface area contributed by atoms with Gasteiger partial charge in [-0.15, -0.1) is 0 Å². The van der Waals surface area contributed by atoms with Crippen LogP contribution in [0.3, 0.4) is 0 Å². The number of nitrogens with one attached hydrogen (secondary N) is 2. The number of carbonyl (C=O) groups is 1. The van der Waals surface area contributed by atoms with E-state index < -0.39 is 22.0 Å². The molecule has 9 heteroatoms. The minimum atomic E-state index is -3.97. The van der Waals surface area contributed by atoms with Gasteiger partial charge in [0.2, 0.25) is 15.9 Å². The summed E-state index contributed by atoms with van der Waals surface area (Å²) in [4.78, 5) is 12.7. The molecule has 31 heavy (non-hydrogen) atoms. The van der Waals surface area contributed by atoms with Gasteiger partial charge in [0.05, 0.1) is 18.1 Å². The van der Waals surface area contributed by atoms with Gasteiger partial charge in [0.25, 0.3) is 0 Å². The van der Waals surface area contributed by atoms with Crippen molar-refractivity contribution in [3.8, 4) is 11.5 Å². The fraction of sp³-hybridized carbons (Fsp3) is 0.409. The molecule has 0 bridgehead atoms. The number of benzene rings is 2. The Kier molecular flexibility index (Phi) is 7.50. The standard InChI is InChI=1S/C22H27FN2O5S/c1-15(2)21(22(26)24-10-9-16-5-3-6-17(23)13-16)25-31(27,28)18-7-8-19-20(14-18)30-12-4-11-29-19/h3,5-8,13-15,21,25H,4,9-12H2,1-2H3,(H,24,26). The van der Waals surface area contributed by atoms with Crippen molar-refractivity contribution in [1.29, 1.82) is 0 Å². The first-order valence-electron chi connectivity index (χ1n) is 10.2. The molecule has 0 aromatic heterocycles. The van der Waals surface area contributed by atoms with E-state index in [0.29, 0.717) is 37.6 Å². The van der Waals surface area contributed by atoms with E-state index in [1.165, 1.54) is 24.3 Å². The van der Waals surface area contributed by atoms with Crippen molar-refractivity contribution in [2.75, 3.05) is 19.8 Å². The lowest BCUT2D eigenvalue weighted by atomic mass is 10.0. The lowest BCUT2D eigenvalue weighted by Gasteiger charge is -2.22. The van der Waals surface area contributed by atoms with E-state index in [0.717, 1.165) is 5.56 Å². The number of halogens is 1. The third-order valence-electron chi connectivity index (χ3n) is 4.86. The molecule has 2 aromatic rings. The van der Waals surface area contributed by atoms with Crippen LogP contribution in [0.5, 0.6) is 11.5 Å². The van der Waals surface area contributed by atoms with Gasteiger partial charge < -0.3 is 14.8 Å². The summed E-state index contributed by atoms with van der Waals surface area (Å²) in [7, 11) is -3.97. The summed E-state index contributed by atoms with van der Waals surface area (Å²) >= 11 is 0. The minimum Gasteiger partial charge on any atom is -0.490 e. The Labute approximate surface area is 182 Å². The first-order valence-corrected chi connectivity index (χ1v) is 11.7. The zero-order valence-electron chi connectivity index (χ0n) is 17.6. The average Bonchev–Trinajstić information content (AvgIpc) is 2.96. The van der Waals surface area contributed by atoms with Crippen LogP contribution >= 0.6 is 0 Å². The van der Waals surface area contributed by atoms with Gasteiger partial charge in [0.15, 0.2) is 11.5 Å². The van der Waals surface area contributed by atoms with Crippen LogP contribution in [0, 0.1) is 11.7 Å². The van der Waals surface area contributed by atoms with Crippen LogP contribution in [-0.4, -0.2) is 40.1 Å². The van der Waals surface area contributed by atoms with Crippen LogP contribution in [0.4, 0.5) is 4.39 Å². The maximum atomic E-state index is 13.3. The first-order chi connectivity index (χ1) is 14.8. The molecule has 0 aliphatic carbocycles. The van der Waals surface area contributed by atoms with Crippen molar-refractivity contribution in [1.82, 2.24) is 10.0 Å². The molecule has 0 spiro atoms. The van der Waals surface area contributed by atoms with E-state index in [1.54, 1.807) is 32.0 Å². The Morgan fingerprint density at radius 2 is 1.84 bits per heavy atom. The normalized spacial score (nSPS) is 14.7. The van der Waals surface area contributed by atoms with Crippen LogP contribution in [-0.2, 0) is 21.2 Å². The van der Waals surface area contributed by atoms with Gasteiger partial charge in [-0.05, 0) is 42.2 Å². The van der Waals surface area contributed by atoms with Gasteiger partial charge in [0, 0.05) is 19.0 Å². The number of ether oxygens (including phenoxy) is 2. The number of sulfonamides is 1. The van der Waals surface area contributed by atoms with Gasteiger partial charge in [0.1, 0.15) is 11.9 Å². The maximum Gasteiger partial charge on any atom is 0.241 e. The second-order valence-corrected chi connectivity index (χ2v) is 9.39. The average molecular weight is 451 g/mol. The van der Waals surface area contributed by atoms with E-state index in [2.05, 4.69) is 10.0 Å². The lowest BCUT2D eigenvalue weighted by Crippen LogP contribution is -2.49. The molecule has 7 nitrogen and oxygen atoms in total. The fourth-order valence-electron chi connectivity index (χ4n) is 3.17. The lowest BCUT2D eigenvalue weighted by molar-refractivity contribution is -0.123. The third kappa shape index (κ3) is 6.18. The van der Waals surface area contributed by atoms with Crippen molar-refractivity contribution < 1.29 is 27.1 Å². The highest BCUT2D eigenvalue weighted by Crippen LogP contribution is 2.32. The van der Waals surface area contributed by atoms with E-state index in [4.69, 9.17) is 9.47 Å². The molecule has 1 aliphatic heterocycles. The molecule has 1 atom stereocenters. The predicted molar refractivity (Wildman–Crippen MR) is 114 cm³/mol. The molecule has 0 saturated carbocycles. The van der Waals surface area contributed by atoms with Crippen molar-refractivity contribution in [3.63, 3.8) is 0 Å². The Bertz CT molecular complexity index is 1030. The van der Waals surface area contributed by atoms with Crippen LogP contribution in [0.1, 0.15) is 25.8 Å². The van der Waals surface area contributed by atoms with E-state index >= 15 is 0 Å². The number of carbonyl (C=O) groups excluding carboxylic acids is 1. The Balaban J connectivity index is 1.66. The van der Waals surface area contributed by atoms with Crippen LogP contribution in [0.25, 0.3) is 0 Å². The molecule has 1 unspecified atom stereocenters.